The van der Waals surface area contributed by atoms with Gasteiger partial charge in [0.2, 0.25) is 0 Å². The molecule has 1 heterocycles. The van der Waals surface area contributed by atoms with Crippen molar-refractivity contribution in [2.45, 2.75) is 25.4 Å². The summed E-state index contributed by atoms with van der Waals surface area (Å²) in [6, 6.07) is 6.00. The van der Waals surface area contributed by atoms with Crippen LogP contribution in [0.2, 0.25) is 0 Å². The zero-order valence-corrected chi connectivity index (χ0v) is 11.7. The van der Waals surface area contributed by atoms with Gasteiger partial charge >= 0.3 is 0 Å². The predicted molar refractivity (Wildman–Crippen MR) is 75.4 cm³/mol. The Morgan fingerprint density at radius 2 is 2.29 bits per heavy atom. The van der Waals surface area contributed by atoms with Gasteiger partial charge in [0.25, 0.3) is 0 Å². The van der Waals surface area contributed by atoms with Crippen molar-refractivity contribution in [2.75, 3.05) is 30.8 Å². The number of nitrogens with two attached hydrogens (primary N) is 1. The van der Waals surface area contributed by atoms with Gasteiger partial charge in [0, 0.05) is 24.7 Å². The highest BCUT2D eigenvalue weighted by Gasteiger charge is 2.17. The summed E-state index contributed by atoms with van der Waals surface area (Å²) in [4.78, 5) is 2.18. The number of likely N-dealkylation sites (N-methyl/N-ethyl adjacent to an activating group) is 1. The van der Waals surface area contributed by atoms with Crippen LogP contribution in [-0.4, -0.2) is 26.3 Å². The van der Waals surface area contributed by atoms with Gasteiger partial charge in [-0.3, -0.25) is 0 Å². The molecule has 1 aromatic rings. The molecule has 1 fully saturated rings. The molecule has 2 N–H and O–H groups in total. The van der Waals surface area contributed by atoms with Gasteiger partial charge in [-0.25, -0.2) is 0 Å². The molecule has 17 heavy (non-hydrogen) atoms. The first-order valence-corrected chi connectivity index (χ1v) is 6.84. The van der Waals surface area contributed by atoms with Gasteiger partial charge in [-0.1, -0.05) is 15.9 Å². The second-order valence-corrected chi connectivity index (χ2v) is 5.49. The summed E-state index contributed by atoms with van der Waals surface area (Å²) >= 11 is 3.42. The average Bonchev–Trinajstić information content (AvgIpc) is 2.30. The van der Waals surface area contributed by atoms with Crippen molar-refractivity contribution in [3.8, 4) is 0 Å². The van der Waals surface area contributed by atoms with E-state index in [0.717, 1.165) is 35.4 Å². The van der Waals surface area contributed by atoms with Crippen LogP contribution in [0.3, 0.4) is 0 Å². The molecule has 1 unspecified atom stereocenters. The largest absolute Gasteiger partial charge is 0.397 e. The summed E-state index contributed by atoms with van der Waals surface area (Å²) in [6.07, 6.45) is 3.97. The molecule has 3 nitrogen and oxygen atoms in total. The summed E-state index contributed by atoms with van der Waals surface area (Å²) in [6.45, 7) is 1.81. The molecule has 0 amide bonds. The number of hydrogen-bond acceptors (Lipinski definition) is 3. The molecule has 1 aliphatic heterocycles. The number of benzene rings is 1. The molecule has 1 aliphatic rings. The zero-order chi connectivity index (χ0) is 12.3. The number of ether oxygens (including phenoxy) is 1. The van der Waals surface area contributed by atoms with E-state index in [1.165, 1.54) is 12.8 Å². The fourth-order valence-electron chi connectivity index (χ4n) is 2.23. The van der Waals surface area contributed by atoms with Gasteiger partial charge in [-0.15, -0.1) is 0 Å². The van der Waals surface area contributed by atoms with Gasteiger partial charge in [0.1, 0.15) is 0 Å². The standard InChI is InChI=1S/C13H19BrN2O/c1-16(9-11-4-2-3-7-17-11)13-6-5-10(14)8-12(13)15/h5-6,8,11H,2-4,7,9,15H2,1H3. The average molecular weight is 299 g/mol. The summed E-state index contributed by atoms with van der Waals surface area (Å²) < 4.78 is 6.76. The molecule has 94 valence electrons. The molecule has 1 saturated heterocycles. The number of nitrogen functional groups attached to an aromatic ring is 1. The lowest BCUT2D eigenvalue weighted by atomic mass is 10.1. The predicted octanol–water partition coefficient (Wildman–Crippen LogP) is 3.04. The first-order valence-electron chi connectivity index (χ1n) is 6.04. The Hall–Kier alpha value is -0.740. The van der Waals surface area contributed by atoms with E-state index in [2.05, 4.69) is 27.9 Å². The third-order valence-electron chi connectivity index (χ3n) is 3.15. The summed E-state index contributed by atoms with van der Waals surface area (Å²) in [7, 11) is 2.07. The molecule has 0 aromatic heterocycles. The lowest BCUT2D eigenvalue weighted by Crippen LogP contribution is -2.33. The smallest absolute Gasteiger partial charge is 0.0749 e. The third kappa shape index (κ3) is 3.36. The molecule has 0 bridgehead atoms. The lowest BCUT2D eigenvalue weighted by molar-refractivity contribution is 0.0216. The van der Waals surface area contributed by atoms with E-state index in [9.17, 15) is 0 Å². The lowest BCUT2D eigenvalue weighted by Gasteiger charge is -2.29. The molecule has 4 heteroatoms. The minimum absolute atomic E-state index is 0.344. The van der Waals surface area contributed by atoms with Crippen molar-refractivity contribution < 1.29 is 4.74 Å². The van der Waals surface area contributed by atoms with Crippen LogP contribution in [0.4, 0.5) is 11.4 Å². The maximum atomic E-state index is 6.01. The van der Waals surface area contributed by atoms with E-state index in [1.54, 1.807) is 0 Å². The molecule has 0 aliphatic carbocycles. The SMILES string of the molecule is CN(CC1CCCCO1)c1ccc(Br)cc1N. The molecule has 0 radical (unpaired) electrons. The van der Waals surface area contributed by atoms with E-state index in [-0.39, 0.29) is 0 Å². The van der Waals surface area contributed by atoms with E-state index < -0.39 is 0 Å². The minimum Gasteiger partial charge on any atom is -0.397 e. The highest BCUT2D eigenvalue weighted by Crippen LogP contribution is 2.26. The number of rotatable bonds is 3. The Morgan fingerprint density at radius 3 is 2.94 bits per heavy atom. The highest BCUT2D eigenvalue weighted by atomic mass is 79.9. The van der Waals surface area contributed by atoms with E-state index in [0.29, 0.717) is 6.10 Å². The second-order valence-electron chi connectivity index (χ2n) is 4.57. The van der Waals surface area contributed by atoms with Crippen molar-refractivity contribution in [3.05, 3.63) is 22.7 Å². The van der Waals surface area contributed by atoms with Crippen molar-refractivity contribution in [1.82, 2.24) is 0 Å². The first-order chi connectivity index (χ1) is 8.16. The highest BCUT2D eigenvalue weighted by molar-refractivity contribution is 9.10. The first kappa shape index (κ1) is 12.7. The van der Waals surface area contributed by atoms with Crippen LogP contribution in [0.25, 0.3) is 0 Å². The number of nitrogens with zero attached hydrogens (tertiary/aromatic N) is 1. The van der Waals surface area contributed by atoms with Crippen molar-refractivity contribution >= 4 is 27.3 Å². The molecular formula is C13H19BrN2O. The molecule has 2 rings (SSSR count). The van der Waals surface area contributed by atoms with Crippen LogP contribution in [0.1, 0.15) is 19.3 Å². The molecule has 0 saturated carbocycles. The Balaban J connectivity index is 2.00. The summed E-state index contributed by atoms with van der Waals surface area (Å²) in [5.41, 5.74) is 7.89. The van der Waals surface area contributed by atoms with Crippen LogP contribution in [0.15, 0.2) is 22.7 Å². The van der Waals surface area contributed by atoms with Gasteiger partial charge in [-0.05, 0) is 37.5 Å². The topological polar surface area (TPSA) is 38.5 Å². The third-order valence-corrected chi connectivity index (χ3v) is 3.65. The van der Waals surface area contributed by atoms with Crippen LogP contribution in [-0.2, 0) is 4.74 Å². The van der Waals surface area contributed by atoms with Crippen LogP contribution < -0.4 is 10.6 Å². The van der Waals surface area contributed by atoms with Gasteiger partial charge in [-0.2, -0.15) is 0 Å². The van der Waals surface area contributed by atoms with E-state index in [1.807, 2.05) is 18.2 Å². The van der Waals surface area contributed by atoms with Crippen molar-refractivity contribution in [1.29, 1.82) is 0 Å². The van der Waals surface area contributed by atoms with E-state index >= 15 is 0 Å². The van der Waals surface area contributed by atoms with Crippen LogP contribution >= 0.6 is 15.9 Å². The Bertz CT molecular complexity index is 378. The second kappa shape index (κ2) is 5.74. The molecule has 1 atom stereocenters. The van der Waals surface area contributed by atoms with Crippen molar-refractivity contribution in [3.63, 3.8) is 0 Å². The van der Waals surface area contributed by atoms with Crippen molar-refractivity contribution in [2.24, 2.45) is 0 Å². The summed E-state index contributed by atoms with van der Waals surface area (Å²) in [5.74, 6) is 0. The van der Waals surface area contributed by atoms with Gasteiger partial charge < -0.3 is 15.4 Å². The normalized spacial score (nSPS) is 20.2. The molecule has 0 spiro atoms. The zero-order valence-electron chi connectivity index (χ0n) is 10.2. The number of halogens is 1. The maximum Gasteiger partial charge on any atom is 0.0749 e. The Morgan fingerprint density at radius 1 is 1.47 bits per heavy atom. The fourth-order valence-corrected chi connectivity index (χ4v) is 2.61. The van der Waals surface area contributed by atoms with Gasteiger partial charge in [0.05, 0.1) is 17.5 Å². The van der Waals surface area contributed by atoms with Crippen LogP contribution in [0.5, 0.6) is 0 Å². The fraction of sp³-hybridized carbons (Fsp3) is 0.538. The van der Waals surface area contributed by atoms with Gasteiger partial charge in [0.15, 0.2) is 0 Å². The number of hydrogen-bond donors (Lipinski definition) is 1. The monoisotopic (exact) mass is 298 g/mol. The molecular weight excluding hydrogens is 280 g/mol. The Kier molecular flexibility index (Phi) is 4.29. The summed E-state index contributed by atoms with van der Waals surface area (Å²) in [5, 5.41) is 0. The minimum atomic E-state index is 0.344. The van der Waals surface area contributed by atoms with E-state index in [4.69, 9.17) is 10.5 Å². The van der Waals surface area contributed by atoms with Crippen LogP contribution in [0, 0.1) is 0 Å². The molecule has 1 aromatic carbocycles. The quantitative estimate of drug-likeness (QED) is 0.872. The Labute approximate surface area is 111 Å². The maximum absolute atomic E-state index is 6.01. The number of anilines is 2.